The van der Waals surface area contributed by atoms with Crippen molar-refractivity contribution in [3.05, 3.63) is 40.1 Å². The molecule has 0 aliphatic carbocycles. The van der Waals surface area contributed by atoms with Gasteiger partial charge in [-0.15, -0.1) is 11.3 Å². The molecule has 0 spiro atoms. The second kappa shape index (κ2) is 4.59. The predicted octanol–water partition coefficient (Wildman–Crippen LogP) is 3.43. The average molecular weight is 248 g/mol. The van der Waals surface area contributed by atoms with Crippen LogP contribution >= 0.6 is 11.3 Å². The highest BCUT2D eigenvalue weighted by Gasteiger charge is 2.12. The first-order valence-electron chi connectivity index (χ1n) is 5.09. The van der Waals surface area contributed by atoms with Crippen LogP contribution in [0.15, 0.2) is 29.6 Å². The zero-order valence-corrected chi connectivity index (χ0v) is 10.4. The number of carbonyl (C=O) groups is 1. The van der Waals surface area contributed by atoms with E-state index in [0.717, 1.165) is 11.1 Å². The molecular weight excluding hydrogens is 236 g/mol. The highest BCUT2D eigenvalue weighted by molar-refractivity contribution is 7.10. The summed E-state index contributed by atoms with van der Waals surface area (Å²) in [5.41, 5.74) is 2.28. The van der Waals surface area contributed by atoms with Crippen molar-refractivity contribution in [3.63, 3.8) is 0 Å². The number of hydrogen-bond donors (Lipinski definition) is 1. The van der Waals surface area contributed by atoms with Crippen LogP contribution in [0.25, 0.3) is 11.1 Å². The van der Waals surface area contributed by atoms with E-state index in [9.17, 15) is 4.79 Å². The molecule has 0 aliphatic rings. The van der Waals surface area contributed by atoms with Crippen LogP contribution in [0.4, 0.5) is 0 Å². The zero-order chi connectivity index (χ0) is 12.4. The monoisotopic (exact) mass is 248 g/mol. The summed E-state index contributed by atoms with van der Waals surface area (Å²) in [6.07, 6.45) is 0. The topological polar surface area (TPSA) is 46.5 Å². The minimum atomic E-state index is -0.976. The third-order valence-corrected chi connectivity index (χ3v) is 3.45. The molecule has 0 saturated heterocycles. The van der Waals surface area contributed by atoms with Gasteiger partial charge in [0.2, 0.25) is 0 Å². The normalized spacial score (nSPS) is 10.2. The summed E-state index contributed by atoms with van der Waals surface area (Å²) in [6.45, 7) is 2.04. The average Bonchev–Trinajstić information content (AvgIpc) is 2.74. The van der Waals surface area contributed by atoms with Gasteiger partial charge in [0.25, 0.3) is 0 Å². The Labute approximate surface area is 103 Å². The van der Waals surface area contributed by atoms with Crippen LogP contribution in [0.1, 0.15) is 15.2 Å². The van der Waals surface area contributed by atoms with E-state index in [2.05, 4.69) is 0 Å². The van der Waals surface area contributed by atoms with Gasteiger partial charge in [0, 0.05) is 4.88 Å². The minimum absolute atomic E-state index is 0.184. The Morgan fingerprint density at radius 1 is 1.35 bits per heavy atom. The van der Waals surface area contributed by atoms with Crippen LogP contribution in [0.2, 0.25) is 0 Å². The fourth-order valence-corrected chi connectivity index (χ4v) is 2.44. The first-order chi connectivity index (χ1) is 8.13. The van der Waals surface area contributed by atoms with Gasteiger partial charge in [-0.05, 0) is 41.6 Å². The van der Waals surface area contributed by atoms with E-state index in [-0.39, 0.29) is 5.56 Å². The van der Waals surface area contributed by atoms with Crippen LogP contribution in [0, 0.1) is 6.92 Å². The standard InChI is InChI=1S/C13H12O3S/c1-8-10(5-6-17-8)9-3-4-11(13(14)15)12(7-9)16-2/h3-7H,1-2H3,(H,14,15). The maximum absolute atomic E-state index is 11.0. The van der Waals surface area contributed by atoms with Crippen LogP contribution in [-0.4, -0.2) is 18.2 Å². The summed E-state index contributed by atoms with van der Waals surface area (Å²) in [4.78, 5) is 12.2. The van der Waals surface area contributed by atoms with E-state index in [1.165, 1.54) is 12.0 Å². The Morgan fingerprint density at radius 3 is 2.65 bits per heavy atom. The van der Waals surface area contributed by atoms with Gasteiger partial charge in [0.05, 0.1) is 7.11 Å². The highest BCUT2D eigenvalue weighted by Crippen LogP contribution is 2.31. The number of aryl methyl sites for hydroxylation is 1. The van der Waals surface area contributed by atoms with Crippen molar-refractivity contribution >= 4 is 17.3 Å². The number of ether oxygens (including phenoxy) is 1. The van der Waals surface area contributed by atoms with Crippen molar-refractivity contribution < 1.29 is 14.6 Å². The van der Waals surface area contributed by atoms with Crippen LogP contribution in [-0.2, 0) is 0 Å². The second-order valence-corrected chi connectivity index (χ2v) is 4.73. The van der Waals surface area contributed by atoms with Crippen molar-refractivity contribution in [2.75, 3.05) is 7.11 Å². The summed E-state index contributed by atoms with van der Waals surface area (Å²) < 4.78 is 5.11. The molecule has 0 unspecified atom stereocenters. The molecule has 0 saturated carbocycles. The molecule has 0 fully saturated rings. The number of hydrogen-bond acceptors (Lipinski definition) is 3. The summed E-state index contributed by atoms with van der Waals surface area (Å²) in [5, 5.41) is 11.0. The quantitative estimate of drug-likeness (QED) is 0.905. The third kappa shape index (κ3) is 2.17. The first kappa shape index (κ1) is 11.7. The van der Waals surface area contributed by atoms with Gasteiger partial charge in [-0.1, -0.05) is 6.07 Å². The Hall–Kier alpha value is -1.81. The van der Waals surface area contributed by atoms with E-state index in [1.54, 1.807) is 29.5 Å². The summed E-state index contributed by atoms with van der Waals surface area (Å²) in [5.74, 6) is -0.587. The lowest BCUT2D eigenvalue weighted by atomic mass is 10.0. The largest absolute Gasteiger partial charge is 0.496 e. The van der Waals surface area contributed by atoms with Gasteiger partial charge in [-0.2, -0.15) is 0 Å². The number of carboxylic acid groups (broad SMARTS) is 1. The van der Waals surface area contributed by atoms with Gasteiger partial charge >= 0.3 is 5.97 Å². The number of carboxylic acids is 1. The van der Waals surface area contributed by atoms with E-state index in [0.29, 0.717) is 5.75 Å². The molecule has 1 heterocycles. The molecule has 3 nitrogen and oxygen atoms in total. The molecule has 17 heavy (non-hydrogen) atoms. The maximum Gasteiger partial charge on any atom is 0.339 e. The second-order valence-electron chi connectivity index (χ2n) is 3.61. The van der Waals surface area contributed by atoms with Crippen LogP contribution in [0.5, 0.6) is 5.75 Å². The lowest BCUT2D eigenvalue weighted by molar-refractivity contribution is 0.0693. The SMILES string of the molecule is COc1cc(-c2ccsc2C)ccc1C(=O)O. The van der Waals surface area contributed by atoms with Crippen molar-refractivity contribution in [2.45, 2.75) is 6.92 Å². The number of rotatable bonds is 3. The molecule has 2 rings (SSSR count). The smallest absolute Gasteiger partial charge is 0.339 e. The molecule has 0 aliphatic heterocycles. The third-order valence-electron chi connectivity index (χ3n) is 2.60. The van der Waals surface area contributed by atoms with Gasteiger partial charge in [0.1, 0.15) is 11.3 Å². The highest BCUT2D eigenvalue weighted by atomic mass is 32.1. The Morgan fingerprint density at radius 2 is 2.12 bits per heavy atom. The molecule has 2 aromatic rings. The Kier molecular flexibility index (Phi) is 3.15. The Balaban J connectivity index is 2.52. The van der Waals surface area contributed by atoms with E-state index in [1.807, 2.05) is 18.4 Å². The number of aromatic carboxylic acids is 1. The van der Waals surface area contributed by atoms with Crippen molar-refractivity contribution in [2.24, 2.45) is 0 Å². The van der Waals surface area contributed by atoms with Crippen molar-refractivity contribution in [1.82, 2.24) is 0 Å². The van der Waals surface area contributed by atoms with Crippen LogP contribution in [0.3, 0.4) is 0 Å². The fourth-order valence-electron chi connectivity index (χ4n) is 1.72. The summed E-state index contributed by atoms with van der Waals surface area (Å²) in [6, 6.07) is 7.17. The Bertz CT molecular complexity index is 558. The zero-order valence-electron chi connectivity index (χ0n) is 9.56. The molecule has 0 atom stereocenters. The van der Waals surface area contributed by atoms with Crippen molar-refractivity contribution in [1.29, 1.82) is 0 Å². The van der Waals surface area contributed by atoms with Gasteiger partial charge < -0.3 is 9.84 Å². The first-order valence-corrected chi connectivity index (χ1v) is 5.97. The molecular formula is C13H12O3S. The molecule has 88 valence electrons. The predicted molar refractivity (Wildman–Crippen MR) is 68.0 cm³/mol. The van der Waals surface area contributed by atoms with E-state index in [4.69, 9.17) is 9.84 Å². The van der Waals surface area contributed by atoms with Gasteiger partial charge in [0.15, 0.2) is 0 Å². The maximum atomic E-state index is 11.0. The molecule has 1 aromatic carbocycles. The minimum Gasteiger partial charge on any atom is -0.496 e. The van der Waals surface area contributed by atoms with Crippen molar-refractivity contribution in [3.8, 4) is 16.9 Å². The number of benzene rings is 1. The van der Waals surface area contributed by atoms with E-state index < -0.39 is 5.97 Å². The van der Waals surface area contributed by atoms with Gasteiger partial charge in [-0.25, -0.2) is 4.79 Å². The van der Waals surface area contributed by atoms with Gasteiger partial charge in [-0.3, -0.25) is 0 Å². The fraction of sp³-hybridized carbons (Fsp3) is 0.154. The number of methoxy groups -OCH3 is 1. The number of thiophene rings is 1. The molecule has 0 radical (unpaired) electrons. The lowest BCUT2D eigenvalue weighted by Crippen LogP contribution is -2.00. The molecule has 1 aromatic heterocycles. The van der Waals surface area contributed by atoms with E-state index >= 15 is 0 Å². The molecule has 1 N–H and O–H groups in total. The molecule has 4 heteroatoms. The lowest BCUT2D eigenvalue weighted by Gasteiger charge is -2.07. The summed E-state index contributed by atoms with van der Waals surface area (Å²) >= 11 is 1.67. The summed E-state index contributed by atoms with van der Waals surface area (Å²) in [7, 11) is 1.48. The molecule has 0 bridgehead atoms. The van der Waals surface area contributed by atoms with Crippen LogP contribution < -0.4 is 4.74 Å². The molecule has 0 amide bonds.